The molecule has 0 amide bonds. The van der Waals surface area contributed by atoms with E-state index in [1.807, 2.05) is 32.9 Å². The fraction of sp³-hybridized carbons (Fsp3) is 0.276. The van der Waals surface area contributed by atoms with Gasteiger partial charge in [0.25, 0.3) is 5.56 Å². The van der Waals surface area contributed by atoms with Crippen molar-refractivity contribution in [2.45, 2.75) is 38.6 Å². The normalized spacial score (nSPS) is 13.2. The van der Waals surface area contributed by atoms with Crippen molar-refractivity contribution >= 4 is 49.2 Å². The molecule has 2 aromatic heterocycles. The number of aryl methyl sites for hydroxylation is 1. The highest BCUT2D eigenvalue weighted by Gasteiger charge is 2.25. The van der Waals surface area contributed by atoms with Gasteiger partial charge in [-0.2, -0.15) is 5.10 Å². The predicted molar refractivity (Wildman–Crippen MR) is 161 cm³/mol. The molecular weight excluding hydrogens is 586 g/mol. The van der Waals surface area contributed by atoms with Crippen molar-refractivity contribution in [3.05, 3.63) is 92.5 Å². The zero-order valence-electron chi connectivity index (χ0n) is 23.5. The maximum absolute atomic E-state index is 14.2. The van der Waals surface area contributed by atoms with Crippen LogP contribution in [-0.4, -0.2) is 34.0 Å². The number of halogens is 3. The average Bonchev–Trinajstić information content (AvgIpc) is 3.18. The molecule has 0 saturated heterocycles. The van der Waals surface area contributed by atoms with E-state index in [-0.39, 0.29) is 39.5 Å². The molecule has 0 bridgehead atoms. The molecule has 5 aromatic rings. The van der Waals surface area contributed by atoms with E-state index in [1.54, 1.807) is 19.2 Å². The smallest absolute Gasteiger partial charge is 0.266 e. The van der Waals surface area contributed by atoms with Crippen LogP contribution in [0.1, 0.15) is 43.8 Å². The first kappa shape index (κ1) is 29.6. The van der Waals surface area contributed by atoms with Gasteiger partial charge in [-0.15, -0.1) is 0 Å². The van der Waals surface area contributed by atoms with Crippen molar-refractivity contribution in [2.75, 3.05) is 11.0 Å². The lowest BCUT2D eigenvalue weighted by Crippen LogP contribution is -2.30. The van der Waals surface area contributed by atoms with E-state index < -0.39 is 33.3 Å². The number of nitrogens with one attached hydrogen (secondary N) is 1. The Bertz CT molecular complexity index is 2030. The zero-order chi connectivity index (χ0) is 30.7. The first-order valence-corrected chi connectivity index (χ1v) is 15.2. The van der Waals surface area contributed by atoms with Crippen LogP contribution < -0.4 is 16.0 Å². The average molecular weight is 615 g/mol. The Kier molecular flexibility index (Phi) is 7.36. The molecule has 3 N–H and O–H groups in total. The summed E-state index contributed by atoms with van der Waals surface area (Å²) in [6.45, 7) is 6.11. The third-order valence-corrected chi connectivity index (χ3v) is 7.79. The Morgan fingerprint density at radius 2 is 1.74 bits per heavy atom. The number of anilines is 1. The molecule has 0 aliphatic carbocycles. The van der Waals surface area contributed by atoms with Crippen molar-refractivity contribution in [3.63, 3.8) is 0 Å². The molecule has 9 nitrogen and oxygen atoms in total. The van der Waals surface area contributed by atoms with Crippen LogP contribution in [0.5, 0.6) is 0 Å². The molecular formula is C29H29ClF2N6O3S. The highest BCUT2D eigenvalue weighted by molar-refractivity contribution is 7.92. The Balaban J connectivity index is 1.82. The highest BCUT2D eigenvalue weighted by atomic mass is 35.5. The standard InChI is InChI=1S/C29H29ClF2N6O3S/c1-29(2,3)16-6-7-19-22(13-16)34-27(21(33)12-15-10-17(31)14-18(32)11-15)38(28(19)39)23-9-8-20(30)24-25(23)37(4)35-26(24)36-42(5,40)41/h6-11,13-14,21H,12,33H2,1-5H3,(H,35,36). The molecule has 2 heterocycles. The fourth-order valence-corrected chi connectivity index (χ4v) is 5.75. The van der Waals surface area contributed by atoms with Crippen molar-refractivity contribution in [3.8, 4) is 5.69 Å². The van der Waals surface area contributed by atoms with Crippen LogP contribution >= 0.6 is 11.6 Å². The van der Waals surface area contributed by atoms with Gasteiger partial charge in [-0.05, 0) is 59.4 Å². The summed E-state index contributed by atoms with van der Waals surface area (Å²) in [6, 6.07) is 10.6. The van der Waals surface area contributed by atoms with Gasteiger partial charge in [0.05, 0.1) is 44.8 Å². The van der Waals surface area contributed by atoms with E-state index >= 15 is 0 Å². The van der Waals surface area contributed by atoms with Gasteiger partial charge in [-0.25, -0.2) is 22.2 Å². The second-order valence-corrected chi connectivity index (χ2v) is 13.5. The van der Waals surface area contributed by atoms with Gasteiger partial charge in [-0.3, -0.25) is 18.8 Å². The van der Waals surface area contributed by atoms with Crippen LogP contribution in [0, 0.1) is 11.6 Å². The van der Waals surface area contributed by atoms with Gasteiger partial charge in [0.2, 0.25) is 10.0 Å². The monoisotopic (exact) mass is 614 g/mol. The van der Waals surface area contributed by atoms with E-state index in [0.717, 1.165) is 17.9 Å². The van der Waals surface area contributed by atoms with Gasteiger partial charge in [0.15, 0.2) is 5.82 Å². The summed E-state index contributed by atoms with van der Waals surface area (Å²) in [5.74, 6) is -1.39. The van der Waals surface area contributed by atoms with Crippen LogP contribution in [-0.2, 0) is 28.9 Å². The molecule has 0 aliphatic rings. The fourth-order valence-electron chi connectivity index (χ4n) is 5.01. The number of aromatic nitrogens is 4. The van der Waals surface area contributed by atoms with Gasteiger partial charge < -0.3 is 5.73 Å². The lowest BCUT2D eigenvalue weighted by molar-refractivity contribution is 0.572. The highest BCUT2D eigenvalue weighted by Crippen LogP contribution is 2.35. The molecule has 0 saturated carbocycles. The Morgan fingerprint density at radius 3 is 2.36 bits per heavy atom. The first-order valence-electron chi connectivity index (χ1n) is 12.9. The first-order chi connectivity index (χ1) is 19.5. The van der Waals surface area contributed by atoms with E-state index in [1.165, 1.54) is 27.4 Å². The van der Waals surface area contributed by atoms with Crippen molar-refractivity contribution in [2.24, 2.45) is 12.8 Å². The SMILES string of the molecule is Cn1nc(NS(C)(=O)=O)c2c(Cl)ccc(-n3c(C(N)Cc4cc(F)cc(F)c4)nc4cc(C(C)(C)C)ccc4c3=O)c21. The minimum absolute atomic E-state index is 0.0143. The third kappa shape index (κ3) is 5.61. The number of rotatable bonds is 6. The number of sulfonamides is 1. The summed E-state index contributed by atoms with van der Waals surface area (Å²) in [4.78, 5) is 19.1. The topological polar surface area (TPSA) is 125 Å². The molecule has 0 aliphatic heterocycles. The summed E-state index contributed by atoms with van der Waals surface area (Å²) in [5, 5.41) is 5.09. The van der Waals surface area contributed by atoms with Crippen molar-refractivity contribution in [1.29, 1.82) is 0 Å². The van der Waals surface area contributed by atoms with Crippen LogP contribution in [0.4, 0.5) is 14.6 Å². The van der Waals surface area contributed by atoms with Crippen LogP contribution in [0.15, 0.2) is 53.3 Å². The predicted octanol–water partition coefficient (Wildman–Crippen LogP) is 5.12. The lowest BCUT2D eigenvalue weighted by Gasteiger charge is -2.22. The minimum Gasteiger partial charge on any atom is -0.321 e. The molecule has 0 fully saturated rings. The second kappa shape index (κ2) is 10.4. The van der Waals surface area contributed by atoms with Gasteiger partial charge in [0, 0.05) is 13.1 Å². The number of nitrogens with zero attached hydrogens (tertiary/aromatic N) is 4. The van der Waals surface area contributed by atoms with E-state index in [4.69, 9.17) is 22.3 Å². The molecule has 0 radical (unpaired) electrons. The Hall–Kier alpha value is -3.87. The zero-order valence-corrected chi connectivity index (χ0v) is 25.1. The summed E-state index contributed by atoms with van der Waals surface area (Å²) in [6.07, 6.45) is 0.954. The number of hydrogen-bond acceptors (Lipinski definition) is 6. The van der Waals surface area contributed by atoms with E-state index in [0.29, 0.717) is 22.1 Å². The van der Waals surface area contributed by atoms with Gasteiger partial charge in [0.1, 0.15) is 17.5 Å². The summed E-state index contributed by atoms with van der Waals surface area (Å²) in [5.41, 5.74) is 8.24. The van der Waals surface area contributed by atoms with Crippen molar-refractivity contribution < 1.29 is 17.2 Å². The minimum atomic E-state index is -3.71. The number of benzene rings is 3. The molecule has 13 heteroatoms. The largest absolute Gasteiger partial charge is 0.321 e. The Labute approximate surface area is 246 Å². The molecule has 42 heavy (non-hydrogen) atoms. The van der Waals surface area contributed by atoms with Crippen LogP contribution in [0.3, 0.4) is 0 Å². The van der Waals surface area contributed by atoms with E-state index in [9.17, 15) is 22.0 Å². The molecule has 220 valence electrons. The van der Waals surface area contributed by atoms with Crippen LogP contribution in [0.25, 0.3) is 27.5 Å². The summed E-state index contributed by atoms with van der Waals surface area (Å²) in [7, 11) is -2.13. The van der Waals surface area contributed by atoms with Gasteiger partial charge >= 0.3 is 0 Å². The number of hydrogen-bond donors (Lipinski definition) is 2. The van der Waals surface area contributed by atoms with Crippen LogP contribution in [0.2, 0.25) is 5.02 Å². The molecule has 1 unspecified atom stereocenters. The Morgan fingerprint density at radius 1 is 1.07 bits per heavy atom. The van der Waals surface area contributed by atoms with Crippen molar-refractivity contribution in [1.82, 2.24) is 19.3 Å². The number of nitrogens with two attached hydrogens (primary N) is 1. The maximum atomic E-state index is 14.2. The third-order valence-electron chi connectivity index (χ3n) is 6.91. The molecule has 3 aromatic carbocycles. The van der Waals surface area contributed by atoms with E-state index in [2.05, 4.69) is 9.82 Å². The maximum Gasteiger partial charge on any atom is 0.266 e. The lowest BCUT2D eigenvalue weighted by atomic mass is 9.86. The number of fused-ring (bicyclic) bond motifs is 2. The molecule has 0 spiro atoms. The summed E-state index contributed by atoms with van der Waals surface area (Å²) < 4.78 is 57.2. The van der Waals surface area contributed by atoms with Gasteiger partial charge in [-0.1, -0.05) is 38.4 Å². The molecule has 1 atom stereocenters. The second-order valence-electron chi connectivity index (χ2n) is 11.3. The summed E-state index contributed by atoms with van der Waals surface area (Å²) >= 11 is 6.51. The quantitative estimate of drug-likeness (QED) is 0.274. The molecule has 5 rings (SSSR count).